The first-order chi connectivity index (χ1) is 8.74. The number of hydrogen-bond acceptors (Lipinski definition) is 3. The van der Waals surface area contributed by atoms with E-state index >= 15 is 0 Å². The minimum absolute atomic E-state index is 0.350. The van der Waals surface area contributed by atoms with Crippen molar-refractivity contribution < 1.29 is 9.53 Å². The number of benzene rings is 1. The maximum absolute atomic E-state index is 11.7. The number of ether oxygens (including phenoxy) is 1. The van der Waals surface area contributed by atoms with Crippen molar-refractivity contribution in [2.24, 2.45) is 0 Å². The molecule has 1 aliphatic rings. The zero-order valence-electron chi connectivity index (χ0n) is 9.26. The van der Waals surface area contributed by atoms with Crippen LogP contribution in [0.2, 0.25) is 5.02 Å². The Morgan fingerprint density at radius 1 is 1.22 bits per heavy atom. The zero-order chi connectivity index (χ0) is 12.5. The lowest BCUT2D eigenvalue weighted by molar-refractivity contribution is 0.0717. The second kappa shape index (κ2) is 4.27. The number of esters is 1. The van der Waals surface area contributed by atoms with E-state index in [0.717, 1.165) is 11.1 Å². The van der Waals surface area contributed by atoms with Crippen LogP contribution >= 0.6 is 11.6 Å². The van der Waals surface area contributed by atoms with Crippen molar-refractivity contribution in [2.45, 2.75) is 0 Å². The number of cyclic esters (lactones) is 1. The monoisotopic (exact) mass is 257 g/mol. The molecule has 2 aromatic rings. The summed E-state index contributed by atoms with van der Waals surface area (Å²) in [7, 11) is 0. The fourth-order valence-corrected chi connectivity index (χ4v) is 2.00. The van der Waals surface area contributed by atoms with Gasteiger partial charge in [-0.3, -0.25) is 4.98 Å². The average Bonchev–Trinajstić information content (AvgIpc) is 2.67. The molecule has 0 fully saturated rings. The van der Waals surface area contributed by atoms with Crippen LogP contribution in [-0.2, 0) is 4.74 Å². The van der Waals surface area contributed by atoms with Crippen molar-refractivity contribution in [2.75, 3.05) is 0 Å². The number of rotatable bonds is 1. The molecular formula is C14H8ClNO2. The number of halogens is 1. The second-order valence-electron chi connectivity index (χ2n) is 3.87. The first-order valence-corrected chi connectivity index (χ1v) is 5.76. The van der Waals surface area contributed by atoms with E-state index in [9.17, 15) is 4.79 Å². The molecule has 0 spiro atoms. The molecule has 1 aliphatic heterocycles. The molecule has 0 saturated carbocycles. The highest BCUT2D eigenvalue weighted by atomic mass is 35.5. The Balaban J connectivity index is 2.10. The number of carbonyl (C=O) groups is 1. The second-order valence-corrected chi connectivity index (χ2v) is 4.31. The van der Waals surface area contributed by atoms with Gasteiger partial charge < -0.3 is 4.74 Å². The molecule has 0 N–H and O–H groups in total. The normalized spacial score (nSPS) is 15.6. The maximum Gasteiger partial charge on any atom is 0.344 e. The molecule has 2 heterocycles. The zero-order valence-corrected chi connectivity index (χ0v) is 10.0. The van der Waals surface area contributed by atoms with Crippen LogP contribution in [0.25, 0.3) is 11.8 Å². The van der Waals surface area contributed by atoms with E-state index in [1.165, 1.54) is 0 Å². The number of fused-ring (bicyclic) bond motifs is 1. The predicted octanol–water partition coefficient (Wildman–Crippen LogP) is 3.40. The van der Waals surface area contributed by atoms with Crippen LogP contribution in [0.5, 0.6) is 0 Å². The summed E-state index contributed by atoms with van der Waals surface area (Å²) >= 11 is 5.93. The molecule has 0 unspecified atom stereocenters. The Morgan fingerprint density at radius 2 is 2.11 bits per heavy atom. The molecule has 18 heavy (non-hydrogen) atoms. The summed E-state index contributed by atoms with van der Waals surface area (Å²) in [6.45, 7) is 0. The molecule has 3 nitrogen and oxygen atoms in total. The largest absolute Gasteiger partial charge is 0.422 e. The minimum atomic E-state index is -0.350. The maximum atomic E-state index is 11.7. The van der Waals surface area contributed by atoms with Gasteiger partial charge in [0.05, 0.1) is 5.56 Å². The standard InChI is InChI=1S/C14H8ClNO2/c15-10-3-4-11-12(7-10)13(18-14(11)17)6-9-2-1-5-16-8-9/h1-8H/b13-6+. The summed E-state index contributed by atoms with van der Waals surface area (Å²) in [5.74, 6) is 0.155. The van der Waals surface area contributed by atoms with Crippen LogP contribution in [0.1, 0.15) is 21.5 Å². The molecule has 0 saturated heterocycles. The van der Waals surface area contributed by atoms with Gasteiger partial charge in [0.1, 0.15) is 5.76 Å². The highest BCUT2D eigenvalue weighted by Crippen LogP contribution is 2.32. The van der Waals surface area contributed by atoms with Crippen LogP contribution in [0.3, 0.4) is 0 Å². The molecule has 0 bridgehead atoms. The van der Waals surface area contributed by atoms with E-state index in [4.69, 9.17) is 16.3 Å². The number of hydrogen-bond donors (Lipinski definition) is 0. The predicted molar refractivity (Wildman–Crippen MR) is 69.0 cm³/mol. The van der Waals surface area contributed by atoms with Gasteiger partial charge in [0.15, 0.2) is 0 Å². The van der Waals surface area contributed by atoms with E-state index in [2.05, 4.69) is 4.98 Å². The topological polar surface area (TPSA) is 39.2 Å². The van der Waals surface area contributed by atoms with Gasteiger partial charge >= 0.3 is 5.97 Å². The molecule has 88 valence electrons. The van der Waals surface area contributed by atoms with Crippen molar-refractivity contribution in [1.82, 2.24) is 4.98 Å². The van der Waals surface area contributed by atoms with E-state index in [0.29, 0.717) is 16.3 Å². The van der Waals surface area contributed by atoms with Crippen LogP contribution in [0, 0.1) is 0 Å². The lowest BCUT2D eigenvalue weighted by Gasteiger charge is -1.99. The average molecular weight is 258 g/mol. The first-order valence-electron chi connectivity index (χ1n) is 5.38. The minimum Gasteiger partial charge on any atom is -0.422 e. The highest BCUT2D eigenvalue weighted by Gasteiger charge is 2.26. The van der Waals surface area contributed by atoms with Crippen molar-refractivity contribution in [1.29, 1.82) is 0 Å². The number of nitrogens with zero attached hydrogens (tertiary/aromatic N) is 1. The van der Waals surface area contributed by atoms with Gasteiger partial charge in [0.2, 0.25) is 0 Å². The van der Waals surface area contributed by atoms with Crippen molar-refractivity contribution in [3.8, 4) is 0 Å². The highest BCUT2D eigenvalue weighted by molar-refractivity contribution is 6.31. The fraction of sp³-hybridized carbons (Fsp3) is 0. The van der Waals surface area contributed by atoms with E-state index in [1.807, 2.05) is 12.1 Å². The number of carbonyl (C=O) groups excluding carboxylic acids is 1. The first kappa shape index (κ1) is 11.0. The summed E-state index contributed by atoms with van der Waals surface area (Å²) in [5.41, 5.74) is 2.12. The lowest BCUT2D eigenvalue weighted by atomic mass is 10.1. The molecular weight excluding hydrogens is 250 g/mol. The van der Waals surface area contributed by atoms with Crippen molar-refractivity contribution >= 4 is 29.4 Å². The summed E-state index contributed by atoms with van der Waals surface area (Å²) in [6.07, 6.45) is 5.16. The molecule has 1 aromatic carbocycles. The third-order valence-electron chi connectivity index (χ3n) is 2.65. The van der Waals surface area contributed by atoms with Crippen LogP contribution in [0.15, 0.2) is 42.7 Å². The summed E-state index contributed by atoms with van der Waals surface area (Å²) < 4.78 is 5.23. The number of aromatic nitrogens is 1. The molecule has 0 aliphatic carbocycles. The third-order valence-corrected chi connectivity index (χ3v) is 2.89. The van der Waals surface area contributed by atoms with Crippen LogP contribution < -0.4 is 0 Å². The summed E-state index contributed by atoms with van der Waals surface area (Å²) in [4.78, 5) is 15.7. The van der Waals surface area contributed by atoms with E-state index in [-0.39, 0.29) is 5.97 Å². The Morgan fingerprint density at radius 3 is 2.89 bits per heavy atom. The SMILES string of the molecule is O=C1O/C(=C/c2cccnc2)c2cc(Cl)ccc21. The van der Waals surface area contributed by atoms with Crippen molar-refractivity contribution in [3.05, 3.63) is 64.4 Å². The summed E-state index contributed by atoms with van der Waals surface area (Å²) in [5, 5.41) is 0.573. The van der Waals surface area contributed by atoms with Gasteiger partial charge in [0, 0.05) is 23.0 Å². The van der Waals surface area contributed by atoms with Gasteiger partial charge in [0.25, 0.3) is 0 Å². The Labute approximate surface area is 109 Å². The van der Waals surface area contributed by atoms with Gasteiger partial charge in [-0.25, -0.2) is 4.79 Å². The molecule has 0 atom stereocenters. The van der Waals surface area contributed by atoms with Crippen LogP contribution in [0.4, 0.5) is 0 Å². The summed E-state index contributed by atoms with van der Waals surface area (Å²) in [6, 6.07) is 8.78. The van der Waals surface area contributed by atoms with E-state index < -0.39 is 0 Å². The van der Waals surface area contributed by atoms with Gasteiger partial charge in [-0.05, 0) is 35.9 Å². The lowest BCUT2D eigenvalue weighted by Crippen LogP contribution is -1.92. The van der Waals surface area contributed by atoms with Gasteiger partial charge in [-0.2, -0.15) is 0 Å². The van der Waals surface area contributed by atoms with Gasteiger partial charge in [-0.15, -0.1) is 0 Å². The van der Waals surface area contributed by atoms with E-state index in [1.54, 1.807) is 36.7 Å². The van der Waals surface area contributed by atoms with Gasteiger partial charge in [-0.1, -0.05) is 17.7 Å². The Hall–Kier alpha value is -2.13. The molecule has 1 aromatic heterocycles. The van der Waals surface area contributed by atoms with Crippen LogP contribution in [-0.4, -0.2) is 11.0 Å². The Kier molecular flexibility index (Phi) is 2.61. The molecule has 4 heteroatoms. The third kappa shape index (κ3) is 1.89. The van der Waals surface area contributed by atoms with Crippen molar-refractivity contribution in [3.63, 3.8) is 0 Å². The fourth-order valence-electron chi connectivity index (χ4n) is 1.83. The molecule has 3 rings (SSSR count). The quantitative estimate of drug-likeness (QED) is 0.735. The Bertz CT molecular complexity index is 650. The molecule has 0 amide bonds. The smallest absolute Gasteiger partial charge is 0.344 e. The molecule has 0 radical (unpaired) electrons. The number of pyridine rings is 1.